The maximum Gasteiger partial charge on any atom is 0.256 e. The normalized spacial score (nSPS) is 10.4. The molecule has 0 unspecified atom stereocenters. The zero-order valence-corrected chi connectivity index (χ0v) is 13.5. The van der Waals surface area contributed by atoms with Crippen molar-refractivity contribution in [3.63, 3.8) is 0 Å². The van der Waals surface area contributed by atoms with Gasteiger partial charge in [0.25, 0.3) is 5.56 Å². The molecule has 0 spiro atoms. The maximum atomic E-state index is 12.4. The fourth-order valence-corrected chi connectivity index (χ4v) is 2.61. The highest BCUT2D eigenvalue weighted by Crippen LogP contribution is 2.26. The number of oxazole rings is 1. The van der Waals surface area contributed by atoms with Crippen LogP contribution in [0.2, 0.25) is 0 Å². The summed E-state index contributed by atoms with van der Waals surface area (Å²) in [5, 5.41) is 8.89. The van der Waals surface area contributed by atoms with E-state index >= 15 is 0 Å². The molecule has 0 aliphatic rings. The summed E-state index contributed by atoms with van der Waals surface area (Å²) in [7, 11) is 0. The van der Waals surface area contributed by atoms with Gasteiger partial charge >= 0.3 is 0 Å². The first-order chi connectivity index (χ1) is 12.8. The summed E-state index contributed by atoms with van der Waals surface area (Å²) in [5.74, 6) is 1.35. The van der Waals surface area contributed by atoms with Crippen LogP contribution in [-0.4, -0.2) is 14.5 Å². The number of benzene rings is 1. The van der Waals surface area contributed by atoms with E-state index < -0.39 is 0 Å². The Morgan fingerprint density at radius 1 is 0.962 bits per heavy atom. The molecule has 26 heavy (non-hydrogen) atoms. The molecular weight excluding hydrogens is 328 g/mol. The van der Waals surface area contributed by atoms with Crippen molar-refractivity contribution >= 4 is 0 Å². The monoisotopic (exact) mass is 340 g/mol. The molecule has 0 aliphatic heterocycles. The van der Waals surface area contributed by atoms with Crippen LogP contribution in [0.3, 0.4) is 0 Å². The van der Waals surface area contributed by atoms with Crippen molar-refractivity contribution in [1.29, 1.82) is 5.26 Å². The van der Waals surface area contributed by atoms with Gasteiger partial charge in [0.2, 0.25) is 5.89 Å². The second-order valence-corrected chi connectivity index (χ2v) is 5.49. The number of nitrogens with zero attached hydrogens (tertiary/aromatic N) is 4. The van der Waals surface area contributed by atoms with E-state index in [4.69, 9.17) is 9.68 Å². The molecule has 0 saturated carbocycles. The van der Waals surface area contributed by atoms with E-state index in [2.05, 4.69) is 16.0 Å². The van der Waals surface area contributed by atoms with Crippen LogP contribution >= 0.6 is 0 Å². The predicted octanol–water partition coefficient (Wildman–Crippen LogP) is 3.43. The lowest BCUT2D eigenvalue weighted by Gasteiger charge is -2.08. The average molecular weight is 340 g/mol. The zero-order chi connectivity index (χ0) is 17.9. The SMILES string of the molecule is N#Cc1ccc(-c2cnc(-c3cccc(=O)n3-c3ccccn3)o2)cc1. The minimum absolute atomic E-state index is 0.223. The van der Waals surface area contributed by atoms with Crippen molar-refractivity contribution in [2.75, 3.05) is 0 Å². The first-order valence-corrected chi connectivity index (χ1v) is 7.86. The molecular formula is C20H12N4O2. The third-order valence-electron chi connectivity index (χ3n) is 3.86. The Morgan fingerprint density at radius 3 is 2.54 bits per heavy atom. The minimum atomic E-state index is -0.223. The van der Waals surface area contributed by atoms with Crippen molar-refractivity contribution in [3.8, 4) is 34.8 Å². The molecule has 0 bridgehead atoms. The molecule has 0 aliphatic carbocycles. The van der Waals surface area contributed by atoms with E-state index in [1.54, 1.807) is 60.9 Å². The molecule has 124 valence electrons. The van der Waals surface area contributed by atoms with Crippen LogP contribution < -0.4 is 5.56 Å². The zero-order valence-electron chi connectivity index (χ0n) is 13.5. The summed E-state index contributed by atoms with van der Waals surface area (Å²) >= 11 is 0. The van der Waals surface area contributed by atoms with Crippen LogP contribution in [0.1, 0.15) is 5.56 Å². The van der Waals surface area contributed by atoms with Gasteiger partial charge in [0, 0.05) is 17.8 Å². The van der Waals surface area contributed by atoms with Gasteiger partial charge in [0.15, 0.2) is 5.76 Å². The average Bonchev–Trinajstić information content (AvgIpc) is 3.18. The van der Waals surface area contributed by atoms with Crippen molar-refractivity contribution in [3.05, 3.63) is 89.0 Å². The first-order valence-electron chi connectivity index (χ1n) is 7.86. The highest BCUT2D eigenvalue weighted by molar-refractivity contribution is 5.61. The summed E-state index contributed by atoms with van der Waals surface area (Å²) in [4.78, 5) is 20.9. The van der Waals surface area contributed by atoms with Crippen LogP contribution in [0.5, 0.6) is 0 Å². The van der Waals surface area contributed by atoms with E-state index in [-0.39, 0.29) is 5.56 Å². The molecule has 0 radical (unpaired) electrons. The number of hydrogen-bond acceptors (Lipinski definition) is 5. The predicted molar refractivity (Wildman–Crippen MR) is 95.5 cm³/mol. The molecule has 6 heteroatoms. The molecule has 3 aromatic heterocycles. The number of rotatable bonds is 3. The summed E-state index contributed by atoms with van der Waals surface area (Å²) in [6.07, 6.45) is 3.22. The molecule has 0 amide bonds. The van der Waals surface area contributed by atoms with Crippen LogP contribution in [0.15, 0.2) is 82.3 Å². The lowest BCUT2D eigenvalue weighted by atomic mass is 10.1. The lowest BCUT2D eigenvalue weighted by molar-refractivity contribution is 0.583. The third-order valence-corrected chi connectivity index (χ3v) is 3.86. The van der Waals surface area contributed by atoms with E-state index in [9.17, 15) is 4.79 Å². The van der Waals surface area contributed by atoms with Gasteiger partial charge < -0.3 is 4.42 Å². The van der Waals surface area contributed by atoms with Gasteiger partial charge in [0.1, 0.15) is 11.5 Å². The Morgan fingerprint density at radius 2 is 1.81 bits per heavy atom. The van der Waals surface area contributed by atoms with Gasteiger partial charge in [-0.25, -0.2) is 9.97 Å². The molecule has 4 rings (SSSR count). The molecule has 6 nitrogen and oxygen atoms in total. The minimum Gasteiger partial charge on any atom is -0.435 e. The van der Waals surface area contributed by atoms with Crippen molar-refractivity contribution in [2.24, 2.45) is 0 Å². The summed E-state index contributed by atoms with van der Waals surface area (Å²) in [6, 6.07) is 19.3. The van der Waals surface area contributed by atoms with Gasteiger partial charge in [-0.15, -0.1) is 0 Å². The van der Waals surface area contributed by atoms with Gasteiger partial charge in [-0.1, -0.05) is 12.1 Å². The number of pyridine rings is 2. The van der Waals surface area contributed by atoms with Gasteiger partial charge in [0.05, 0.1) is 17.8 Å². The van der Waals surface area contributed by atoms with Gasteiger partial charge in [-0.2, -0.15) is 5.26 Å². The number of aromatic nitrogens is 3. The molecule has 3 heterocycles. The van der Waals surface area contributed by atoms with E-state index in [1.165, 1.54) is 10.6 Å². The largest absolute Gasteiger partial charge is 0.435 e. The fraction of sp³-hybridized carbons (Fsp3) is 0. The molecule has 0 N–H and O–H groups in total. The van der Waals surface area contributed by atoms with E-state index in [0.717, 1.165) is 5.56 Å². The van der Waals surface area contributed by atoms with Gasteiger partial charge in [-0.05, 0) is 42.5 Å². The number of hydrogen-bond donors (Lipinski definition) is 0. The van der Waals surface area contributed by atoms with Crippen LogP contribution in [-0.2, 0) is 0 Å². The van der Waals surface area contributed by atoms with Crippen molar-refractivity contribution in [2.45, 2.75) is 0 Å². The lowest BCUT2D eigenvalue weighted by Crippen LogP contribution is -2.19. The molecule has 0 atom stereocenters. The Kier molecular flexibility index (Phi) is 3.88. The van der Waals surface area contributed by atoms with Gasteiger partial charge in [-0.3, -0.25) is 9.36 Å². The first kappa shape index (κ1) is 15.5. The maximum absolute atomic E-state index is 12.4. The quantitative estimate of drug-likeness (QED) is 0.570. The molecule has 0 saturated heterocycles. The Balaban J connectivity index is 1.80. The molecule has 0 fully saturated rings. The van der Waals surface area contributed by atoms with Crippen LogP contribution in [0.4, 0.5) is 0 Å². The topological polar surface area (TPSA) is 84.7 Å². The Labute approximate surface area is 148 Å². The smallest absolute Gasteiger partial charge is 0.256 e. The standard InChI is InChI=1S/C20H12N4O2/c21-12-14-7-9-15(10-8-14)17-13-23-20(26-17)16-4-3-6-19(25)24(16)18-5-1-2-11-22-18/h1-11,13H. The Hall–Kier alpha value is -3.98. The summed E-state index contributed by atoms with van der Waals surface area (Å²) in [5.41, 5.74) is 1.65. The summed E-state index contributed by atoms with van der Waals surface area (Å²) < 4.78 is 7.32. The van der Waals surface area contributed by atoms with Crippen LogP contribution in [0.25, 0.3) is 28.7 Å². The van der Waals surface area contributed by atoms with E-state index in [1.807, 2.05) is 6.07 Å². The van der Waals surface area contributed by atoms with Crippen molar-refractivity contribution < 1.29 is 4.42 Å². The second kappa shape index (κ2) is 6.49. The summed E-state index contributed by atoms with van der Waals surface area (Å²) in [6.45, 7) is 0. The third kappa shape index (κ3) is 2.78. The van der Waals surface area contributed by atoms with Crippen LogP contribution in [0, 0.1) is 11.3 Å². The molecule has 1 aromatic carbocycles. The number of nitriles is 1. The Bertz CT molecular complexity index is 1150. The highest BCUT2D eigenvalue weighted by atomic mass is 16.4. The van der Waals surface area contributed by atoms with Crippen molar-refractivity contribution in [1.82, 2.24) is 14.5 Å². The van der Waals surface area contributed by atoms with E-state index in [0.29, 0.717) is 28.7 Å². The highest BCUT2D eigenvalue weighted by Gasteiger charge is 2.15. The molecule has 4 aromatic rings. The fourth-order valence-electron chi connectivity index (χ4n) is 2.61. The second-order valence-electron chi connectivity index (χ2n) is 5.49.